The smallest absolute Gasteiger partial charge is 0.432 e. The van der Waals surface area contributed by atoms with Gasteiger partial charge in [0, 0.05) is 0 Å². The van der Waals surface area contributed by atoms with Gasteiger partial charge < -0.3 is 5.48 Å². The molecule has 0 aromatic rings. The summed E-state index contributed by atoms with van der Waals surface area (Å²) in [6, 6.07) is -0.505. The molecule has 0 fully saturated rings. The molecular formula is C11H23NO5S. The third-order valence-electron chi connectivity index (χ3n) is 3.22. The van der Waals surface area contributed by atoms with E-state index < -0.39 is 26.2 Å². The van der Waals surface area contributed by atoms with Gasteiger partial charge in [0.2, 0.25) is 0 Å². The van der Waals surface area contributed by atoms with Crippen molar-refractivity contribution in [1.82, 2.24) is 0 Å². The second kappa shape index (κ2) is 6.42. The van der Waals surface area contributed by atoms with Gasteiger partial charge in [0.1, 0.15) is 6.04 Å². The summed E-state index contributed by atoms with van der Waals surface area (Å²) in [5.74, 6) is -0.680. The van der Waals surface area contributed by atoms with E-state index in [-0.39, 0.29) is 11.3 Å². The number of ketones is 1. The first-order valence-corrected chi connectivity index (χ1v) is 6.87. The average Bonchev–Trinajstić information content (AvgIpc) is 2.15. The minimum absolute atomic E-state index is 0. The molecule has 108 valence electrons. The van der Waals surface area contributed by atoms with Crippen molar-refractivity contribution in [2.45, 2.75) is 33.2 Å². The summed E-state index contributed by atoms with van der Waals surface area (Å²) in [4.78, 5) is 11.8. The van der Waals surface area contributed by atoms with Crippen LogP contribution in [-0.2, 0) is 15.1 Å². The number of allylic oxidation sites excluding steroid dienone is 1. The largest absolute Gasteiger partial charge is 0.870 e. The highest BCUT2D eigenvalue weighted by Gasteiger charge is 2.43. The highest BCUT2D eigenvalue weighted by Crippen LogP contribution is 2.25. The summed E-state index contributed by atoms with van der Waals surface area (Å²) in [6.45, 7) is 8.62. The number of carbonyl (C=O) groups is 1. The first kappa shape index (κ1) is 19.6. The zero-order chi connectivity index (χ0) is 14.0. The van der Waals surface area contributed by atoms with E-state index in [1.165, 1.54) is 14.1 Å². The molecule has 0 aromatic carbocycles. The fourth-order valence-corrected chi connectivity index (χ4v) is 2.74. The summed E-state index contributed by atoms with van der Waals surface area (Å²) in [6.07, 6.45) is 0.465. The van der Waals surface area contributed by atoms with Crippen LogP contribution in [0.3, 0.4) is 0 Å². The van der Waals surface area contributed by atoms with Crippen molar-refractivity contribution < 1.29 is 27.1 Å². The van der Waals surface area contributed by atoms with E-state index in [9.17, 15) is 17.8 Å². The molecule has 2 unspecified atom stereocenters. The lowest BCUT2D eigenvalue weighted by Gasteiger charge is -2.36. The van der Waals surface area contributed by atoms with E-state index in [0.29, 0.717) is 12.0 Å². The molecule has 0 amide bonds. The number of quaternary nitrogens is 1. The van der Waals surface area contributed by atoms with Crippen LogP contribution >= 0.6 is 0 Å². The Morgan fingerprint density at radius 2 is 1.78 bits per heavy atom. The van der Waals surface area contributed by atoms with Crippen molar-refractivity contribution in [3.8, 4) is 0 Å². The van der Waals surface area contributed by atoms with Crippen LogP contribution in [0.1, 0.15) is 27.2 Å². The van der Waals surface area contributed by atoms with E-state index in [1.807, 2.05) is 0 Å². The number of hydrogen-bond acceptors (Lipinski definition) is 4. The van der Waals surface area contributed by atoms with E-state index >= 15 is 0 Å². The SMILES string of the molecule is C=C(C)C(=O)C(C)C(CC)[N+](C)(C)S(=O)(=O)O.[OH-]. The molecule has 0 saturated heterocycles. The molecule has 7 heteroatoms. The van der Waals surface area contributed by atoms with Crippen LogP contribution in [0.2, 0.25) is 0 Å². The third-order valence-corrected chi connectivity index (χ3v) is 4.68. The molecule has 18 heavy (non-hydrogen) atoms. The summed E-state index contributed by atoms with van der Waals surface area (Å²) in [7, 11) is -1.50. The van der Waals surface area contributed by atoms with Gasteiger partial charge in [-0.1, -0.05) is 13.5 Å². The van der Waals surface area contributed by atoms with Crippen LogP contribution in [0.4, 0.5) is 0 Å². The second-order valence-electron chi connectivity index (χ2n) is 4.79. The molecular weight excluding hydrogens is 258 g/mol. The first-order valence-electron chi connectivity index (χ1n) is 5.47. The van der Waals surface area contributed by atoms with Gasteiger partial charge >= 0.3 is 10.3 Å². The molecule has 6 nitrogen and oxygen atoms in total. The van der Waals surface area contributed by atoms with Crippen LogP contribution in [0.15, 0.2) is 12.2 Å². The molecule has 0 saturated carbocycles. The molecule has 0 spiro atoms. The molecule has 0 aliphatic carbocycles. The Morgan fingerprint density at radius 3 is 2.00 bits per heavy atom. The van der Waals surface area contributed by atoms with E-state index in [4.69, 9.17) is 0 Å². The molecule has 0 aromatic heterocycles. The number of carbonyl (C=O) groups excluding carboxylic acids is 1. The van der Waals surface area contributed by atoms with E-state index in [1.54, 1.807) is 20.8 Å². The predicted molar refractivity (Wildman–Crippen MR) is 68.7 cm³/mol. The Balaban J connectivity index is 0. The van der Waals surface area contributed by atoms with Gasteiger partial charge in [-0.05, 0) is 25.8 Å². The quantitative estimate of drug-likeness (QED) is 0.448. The molecule has 0 aliphatic rings. The Bertz CT molecular complexity index is 413. The number of nitrogens with zero attached hydrogens (tertiary/aromatic N) is 1. The zero-order valence-corrected chi connectivity index (χ0v) is 12.4. The maximum absolute atomic E-state index is 11.8. The molecule has 0 rings (SSSR count). The predicted octanol–water partition coefficient (Wildman–Crippen LogP) is 1.25. The monoisotopic (exact) mass is 281 g/mol. The summed E-state index contributed by atoms with van der Waals surface area (Å²) >= 11 is 0. The van der Waals surface area contributed by atoms with Crippen molar-refractivity contribution >= 4 is 16.1 Å². The van der Waals surface area contributed by atoms with Gasteiger partial charge in [0.05, 0.1) is 20.0 Å². The summed E-state index contributed by atoms with van der Waals surface area (Å²) in [5, 5.41) is 0. The van der Waals surface area contributed by atoms with Crippen LogP contribution in [0, 0.1) is 5.92 Å². The van der Waals surface area contributed by atoms with Gasteiger partial charge in [-0.2, -0.15) is 3.89 Å². The lowest BCUT2D eigenvalue weighted by Crippen LogP contribution is -2.56. The Morgan fingerprint density at radius 1 is 1.39 bits per heavy atom. The summed E-state index contributed by atoms with van der Waals surface area (Å²) < 4.78 is 31.3. The molecule has 2 atom stereocenters. The fourth-order valence-electron chi connectivity index (χ4n) is 2.07. The third kappa shape index (κ3) is 3.88. The van der Waals surface area contributed by atoms with Gasteiger partial charge in [0.25, 0.3) is 0 Å². The van der Waals surface area contributed by atoms with Crippen LogP contribution in [-0.4, -0.2) is 48.3 Å². The standard InChI is InChI=1S/C11H21NO4S.H2O/c1-7-10(9(4)11(13)8(2)3)12(5,6)17(14,15)16;/h9-10H,2,7H2,1,3-6H3;1H2. The van der Waals surface area contributed by atoms with Crippen molar-refractivity contribution in [2.24, 2.45) is 5.92 Å². The number of hydrogen-bond donors (Lipinski definition) is 1. The normalized spacial score (nSPS) is 15.4. The molecule has 0 radical (unpaired) electrons. The van der Waals surface area contributed by atoms with Crippen molar-refractivity contribution in [2.75, 3.05) is 14.1 Å². The Hall–Kier alpha value is -0.760. The van der Waals surface area contributed by atoms with Crippen molar-refractivity contribution in [3.63, 3.8) is 0 Å². The minimum Gasteiger partial charge on any atom is -0.870 e. The van der Waals surface area contributed by atoms with Crippen LogP contribution < -0.4 is 0 Å². The maximum Gasteiger partial charge on any atom is 0.432 e. The second-order valence-corrected chi connectivity index (χ2v) is 6.63. The van der Waals surface area contributed by atoms with Crippen molar-refractivity contribution in [1.29, 1.82) is 0 Å². The Kier molecular flexibility index (Phi) is 6.98. The van der Waals surface area contributed by atoms with Crippen LogP contribution in [0.5, 0.6) is 0 Å². The average molecular weight is 281 g/mol. The lowest BCUT2D eigenvalue weighted by molar-refractivity contribution is -0.799. The van der Waals surface area contributed by atoms with Gasteiger partial charge in [-0.15, -0.1) is 8.42 Å². The van der Waals surface area contributed by atoms with E-state index in [2.05, 4.69) is 6.58 Å². The molecule has 0 bridgehead atoms. The highest BCUT2D eigenvalue weighted by atomic mass is 32.2. The summed E-state index contributed by atoms with van der Waals surface area (Å²) in [5.41, 5.74) is 0.395. The van der Waals surface area contributed by atoms with Gasteiger partial charge in [0.15, 0.2) is 5.78 Å². The van der Waals surface area contributed by atoms with Crippen LogP contribution in [0.25, 0.3) is 0 Å². The molecule has 0 heterocycles. The lowest BCUT2D eigenvalue weighted by atomic mass is 9.91. The fraction of sp³-hybridized carbons (Fsp3) is 0.727. The van der Waals surface area contributed by atoms with Gasteiger partial charge in [-0.25, -0.2) is 4.55 Å². The first-order chi connectivity index (χ1) is 7.46. The van der Waals surface area contributed by atoms with Gasteiger partial charge in [-0.3, -0.25) is 4.79 Å². The van der Waals surface area contributed by atoms with Crippen molar-refractivity contribution in [3.05, 3.63) is 12.2 Å². The molecule has 0 aliphatic heterocycles. The minimum atomic E-state index is -4.26. The topological polar surface area (TPSA) is 101 Å². The Labute approximate surface area is 109 Å². The highest BCUT2D eigenvalue weighted by molar-refractivity contribution is 7.80. The molecule has 2 N–H and O–H groups in total. The number of Topliss-reactive ketones (excluding diaryl/α,β-unsaturated/α-hetero) is 1. The number of rotatable bonds is 6. The zero-order valence-electron chi connectivity index (χ0n) is 11.5. The van der Waals surface area contributed by atoms with E-state index in [0.717, 1.165) is 0 Å². The maximum atomic E-state index is 11.8.